The zero-order valence-electron chi connectivity index (χ0n) is 12.6. The normalized spacial score (nSPS) is 9.57. The molecule has 0 fully saturated rings. The molecule has 0 saturated carbocycles. The third-order valence-electron chi connectivity index (χ3n) is 2.96. The first-order valence-electron chi connectivity index (χ1n) is 6.98. The Kier molecular flexibility index (Phi) is 5.31. The molecule has 6 nitrogen and oxygen atoms in total. The second kappa shape index (κ2) is 7.61. The van der Waals surface area contributed by atoms with E-state index in [1.54, 1.807) is 48.5 Å². The van der Waals surface area contributed by atoms with Gasteiger partial charge < -0.3 is 16.0 Å². The van der Waals surface area contributed by atoms with Gasteiger partial charge in [-0.2, -0.15) is 5.26 Å². The molecule has 0 aliphatic rings. The lowest BCUT2D eigenvalue weighted by molar-refractivity contribution is -0.115. The van der Waals surface area contributed by atoms with Crippen molar-refractivity contribution in [2.75, 3.05) is 22.5 Å². The Balaban J connectivity index is 1.84. The van der Waals surface area contributed by atoms with Crippen LogP contribution in [0.4, 0.5) is 17.1 Å². The largest absolute Gasteiger partial charge is 0.376 e. The van der Waals surface area contributed by atoms with E-state index in [2.05, 4.69) is 16.0 Å². The van der Waals surface area contributed by atoms with Gasteiger partial charge in [0.1, 0.15) is 0 Å². The molecule has 0 unspecified atom stereocenters. The van der Waals surface area contributed by atoms with Crippen LogP contribution in [0.25, 0.3) is 0 Å². The van der Waals surface area contributed by atoms with E-state index >= 15 is 0 Å². The Labute approximate surface area is 134 Å². The highest BCUT2D eigenvalue weighted by molar-refractivity contribution is 5.94. The van der Waals surface area contributed by atoms with Crippen molar-refractivity contribution >= 4 is 28.9 Å². The molecule has 3 N–H and O–H groups in total. The van der Waals surface area contributed by atoms with Crippen LogP contribution >= 0.6 is 0 Å². The molecule has 0 bridgehead atoms. The van der Waals surface area contributed by atoms with Gasteiger partial charge in [0.05, 0.1) is 18.2 Å². The summed E-state index contributed by atoms with van der Waals surface area (Å²) < 4.78 is 0. The standard InChI is InChI=1S/C17H16N4O2/c1-12(22)20-15-6-8-16(9-7-15)21-17(23)11-19-14-4-2-13(10-18)3-5-14/h2-9,19H,11H2,1H3,(H,20,22)(H,21,23). The summed E-state index contributed by atoms with van der Waals surface area (Å²) in [6.07, 6.45) is 0. The summed E-state index contributed by atoms with van der Waals surface area (Å²) in [7, 11) is 0. The Morgan fingerprint density at radius 2 is 1.43 bits per heavy atom. The lowest BCUT2D eigenvalue weighted by Crippen LogP contribution is -2.21. The highest BCUT2D eigenvalue weighted by Gasteiger charge is 2.03. The first-order chi connectivity index (χ1) is 11.1. The molecule has 0 aromatic heterocycles. The van der Waals surface area contributed by atoms with Crippen LogP contribution in [0, 0.1) is 11.3 Å². The zero-order valence-corrected chi connectivity index (χ0v) is 12.6. The van der Waals surface area contributed by atoms with E-state index in [1.165, 1.54) is 6.92 Å². The van der Waals surface area contributed by atoms with Crippen LogP contribution in [0.15, 0.2) is 48.5 Å². The van der Waals surface area contributed by atoms with Gasteiger partial charge in [0.25, 0.3) is 0 Å². The van der Waals surface area contributed by atoms with Crippen LogP contribution in [-0.4, -0.2) is 18.4 Å². The number of nitriles is 1. The number of amides is 2. The van der Waals surface area contributed by atoms with Crippen molar-refractivity contribution in [1.29, 1.82) is 5.26 Å². The fourth-order valence-electron chi connectivity index (χ4n) is 1.89. The number of rotatable bonds is 5. The molecule has 6 heteroatoms. The predicted octanol–water partition coefficient (Wildman–Crippen LogP) is 2.57. The van der Waals surface area contributed by atoms with Gasteiger partial charge in [-0.25, -0.2) is 0 Å². The maximum Gasteiger partial charge on any atom is 0.243 e. The summed E-state index contributed by atoms with van der Waals surface area (Å²) in [5, 5.41) is 17.1. The summed E-state index contributed by atoms with van der Waals surface area (Å²) in [6.45, 7) is 1.55. The van der Waals surface area contributed by atoms with Gasteiger partial charge in [0.15, 0.2) is 0 Å². The Morgan fingerprint density at radius 1 is 0.913 bits per heavy atom. The maximum absolute atomic E-state index is 11.9. The van der Waals surface area contributed by atoms with Crippen molar-refractivity contribution in [2.45, 2.75) is 6.92 Å². The van der Waals surface area contributed by atoms with Crippen molar-refractivity contribution in [3.63, 3.8) is 0 Å². The van der Waals surface area contributed by atoms with E-state index in [0.717, 1.165) is 5.69 Å². The first-order valence-corrected chi connectivity index (χ1v) is 6.98. The van der Waals surface area contributed by atoms with Crippen LogP contribution < -0.4 is 16.0 Å². The van der Waals surface area contributed by atoms with Crippen LogP contribution in [0.5, 0.6) is 0 Å². The van der Waals surface area contributed by atoms with Crippen LogP contribution in [-0.2, 0) is 9.59 Å². The fourth-order valence-corrected chi connectivity index (χ4v) is 1.89. The topological polar surface area (TPSA) is 94.0 Å². The minimum Gasteiger partial charge on any atom is -0.376 e. The van der Waals surface area contributed by atoms with Crippen molar-refractivity contribution < 1.29 is 9.59 Å². The Morgan fingerprint density at radius 3 is 1.96 bits per heavy atom. The highest BCUT2D eigenvalue weighted by atomic mass is 16.2. The van der Waals surface area contributed by atoms with Crippen molar-refractivity contribution in [3.8, 4) is 6.07 Å². The lowest BCUT2D eigenvalue weighted by atomic mass is 10.2. The van der Waals surface area contributed by atoms with Gasteiger partial charge in [-0.05, 0) is 48.5 Å². The summed E-state index contributed by atoms with van der Waals surface area (Å²) in [6, 6.07) is 15.7. The van der Waals surface area contributed by atoms with Crippen molar-refractivity contribution in [2.24, 2.45) is 0 Å². The van der Waals surface area contributed by atoms with Gasteiger partial charge in [0.2, 0.25) is 11.8 Å². The summed E-state index contributed by atoms with van der Waals surface area (Å²) >= 11 is 0. The zero-order chi connectivity index (χ0) is 16.7. The minimum absolute atomic E-state index is 0.110. The monoisotopic (exact) mass is 308 g/mol. The highest BCUT2D eigenvalue weighted by Crippen LogP contribution is 2.13. The molecule has 0 aliphatic heterocycles. The number of carbonyl (C=O) groups is 2. The number of carbonyl (C=O) groups excluding carboxylic acids is 2. The number of hydrogen-bond acceptors (Lipinski definition) is 4. The summed E-state index contributed by atoms with van der Waals surface area (Å²) in [4.78, 5) is 22.8. The second-order valence-electron chi connectivity index (χ2n) is 4.85. The molecule has 0 aliphatic carbocycles. The third-order valence-corrected chi connectivity index (χ3v) is 2.96. The average molecular weight is 308 g/mol. The van der Waals surface area contributed by atoms with E-state index in [9.17, 15) is 9.59 Å². The molecule has 2 amide bonds. The molecule has 2 aromatic carbocycles. The number of anilines is 3. The van der Waals surface area contributed by atoms with E-state index < -0.39 is 0 Å². The maximum atomic E-state index is 11.9. The molecule has 0 heterocycles. The van der Waals surface area contributed by atoms with Crippen molar-refractivity contribution in [1.82, 2.24) is 0 Å². The van der Waals surface area contributed by atoms with Crippen LogP contribution in [0.1, 0.15) is 12.5 Å². The molecule has 0 saturated heterocycles. The predicted molar refractivity (Wildman–Crippen MR) is 89.0 cm³/mol. The molecule has 2 aromatic rings. The molecule has 23 heavy (non-hydrogen) atoms. The smallest absolute Gasteiger partial charge is 0.243 e. The molecule has 2 rings (SSSR count). The van der Waals surface area contributed by atoms with Crippen LogP contribution in [0.3, 0.4) is 0 Å². The van der Waals surface area contributed by atoms with Gasteiger partial charge in [0, 0.05) is 24.0 Å². The molecular formula is C17H16N4O2. The quantitative estimate of drug-likeness (QED) is 0.791. The van der Waals surface area contributed by atoms with E-state index in [4.69, 9.17) is 5.26 Å². The first kappa shape index (κ1) is 16.0. The third kappa shape index (κ3) is 5.17. The summed E-state index contributed by atoms with van der Waals surface area (Å²) in [5.41, 5.74) is 2.65. The van der Waals surface area contributed by atoms with E-state index in [-0.39, 0.29) is 18.4 Å². The van der Waals surface area contributed by atoms with E-state index in [1.807, 2.05) is 6.07 Å². The van der Waals surface area contributed by atoms with E-state index in [0.29, 0.717) is 16.9 Å². The fraction of sp³-hybridized carbons (Fsp3) is 0.118. The average Bonchev–Trinajstić information content (AvgIpc) is 2.55. The Bertz CT molecular complexity index is 731. The SMILES string of the molecule is CC(=O)Nc1ccc(NC(=O)CNc2ccc(C#N)cc2)cc1. The summed E-state index contributed by atoms with van der Waals surface area (Å²) in [5.74, 6) is -0.338. The van der Waals surface area contributed by atoms with Gasteiger partial charge in [-0.1, -0.05) is 0 Å². The molecule has 0 spiro atoms. The molecule has 116 valence electrons. The lowest BCUT2D eigenvalue weighted by Gasteiger charge is -2.09. The van der Waals surface area contributed by atoms with Gasteiger partial charge in [-0.3, -0.25) is 9.59 Å². The number of nitrogens with one attached hydrogen (secondary N) is 3. The molecular weight excluding hydrogens is 292 g/mol. The van der Waals surface area contributed by atoms with Crippen LogP contribution in [0.2, 0.25) is 0 Å². The molecule has 0 radical (unpaired) electrons. The number of benzene rings is 2. The van der Waals surface area contributed by atoms with Gasteiger partial charge in [-0.15, -0.1) is 0 Å². The second-order valence-corrected chi connectivity index (χ2v) is 4.85. The molecule has 0 atom stereocenters. The Hall–Kier alpha value is -3.33. The van der Waals surface area contributed by atoms with Gasteiger partial charge >= 0.3 is 0 Å². The minimum atomic E-state index is -0.193. The number of hydrogen-bond donors (Lipinski definition) is 3. The number of nitrogens with zero attached hydrogens (tertiary/aromatic N) is 1. The van der Waals surface area contributed by atoms with Crippen molar-refractivity contribution in [3.05, 3.63) is 54.1 Å².